The fourth-order valence-electron chi connectivity index (χ4n) is 2.91. The Morgan fingerprint density at radius 1 is 1.00 bits per heavy atom. The molecule has 29 heavy (non-hydrogen) atoms. The van der Waals surface area contributed by atoms with E-state index in [0.717, 1.165) is 5.01 Å². The molecule has 0 spiro atoms. The van der Waals surface area contributed by atoms with E-state index < -0.39 is 0 Å². The van der Waals surface area contributed by atoms with Gasteiger partial charge < -0.3 is 21.9 Å². The second-order valence-electron chi connectivity index (χ2n) is 6.79. The Morgan fingerprint density at radius 3 is 2.34 bits per heavy atom. The standard InChI is InChI=1S/C25H25N2S.BrH/c1-5-18-27-23-19-20(2)12-17-24(23)28-25(27)11-9-7-6-8-10-21-13-15-22(16-14-21)26(3)4;/h1,6-17,19H,18H2,2-4H3;1H/q+1;/p-1. The molecule has 2 aromatic carbocycles. The van der Waals surface area contributed by atoms with Gasteiger partial charge in [-0.25, -0.2) is 0 Å². The van der Waals surface area contributed by atoms with Gasteiger partial charge in [-0.05, 0) is 42.2 Å². The van der Waals surface area contributed by atoms with Crippen LogP contribution in [0.3, 0.4) is 0 Å². The van der Waals surface area contributed by atoms with Crippen molar-refractivity contribution in [2.75, 3.05) is 19.0 Å². The van der Waals surface area contributed by atoms with E-state index in [1.165, 1.54) is 27.0 Å². The minimum atomic E-state index is 0. The van der Waals surface area contributed by atoms with Gasteiger partial charge in [-0.3, -0.25) is 0 Å². The van der Waals surface area contributed by atoms with Crippen molar-refractivity contribution < 1.29 is 21.5 Å². The van der Waals surface area contributed by atoms with Crippen molar-refractivity contribution in [2.45, 2.75) is 13.5 Å². The van der Waals surface area contributed by atoms with Crippen LogP contribution in [0, 0.1) is 19.3 Å². The average Bonchev–Trinajstić information content (AvgIpc) is 3.02. The molecule has 0 aliphatic rings. The van der Waals surface area contributed by atoms with Crippen LogP contribution in [-0.4, -0.2) is 14.1 Å². The summed E-state index contributed by atoms with van der Waals surface area (Å²) < 4.78 is 3.45. The fraction of sp³-hybridized carbons (Fsp3) is 0.160. The highest BCUT2D eigenvalue weighted by atomic mass is 79.9. The molecule has 0 saturated carbocycles. The number of anilines is 1. The maximum absolute atomic E-state index is 5.58. The van der Waals surface area contributed by atoms with Gasteiger partial charge >= 0.3 is 0 Å². The monoisotopic (exact) mass is 464 g/mol. The highest BCUT2D eigenvalue weighted by Gasteiger charge is 2.17. The molecule has 0 N–H and O–H groups in total. The third kappa shape index (κ3) is 5.93. The lowest BCUT2D eigenvalue weighted by Gasteiger charge is -2.11. The van der Waals surface area contributed by atoms with Crippen molar-refractivity contribution in [2.24, 2.45) is 0 Å². The Bertz CT molecular complexity index is 1080. The summed E-state index contributed by atoms with van der Waals surface area (Å²) in [5, 5.41) is 1.16. The van der Waals surface area contributed by atoms with Crippen LogP contribution in [0.4, 0.5) is 5.69 Å². The van der Waals surface area contributed by atoms with Crippen LogP contribution in [0.25, 0.3) is 22.4 Å². The summed E-state index contributed by atoms with van der Waals surface area (Å²) >= 11 is 1.76. The van der Waals surface area contributed by atoms with Crippen molar-refractivity contribution in [3.05, 3.63) is 82.9 Å². The van der Waals surface area contributed by atoms with Crippen LogP contribution in [0.1, 0.15) is 16.1 Å². The summed E-state index contributed by atoms with van der Waals surface area (Å²) in [4.78, 5) is 2.10. The summed E-state index contributed by atoms with van der Waals surface area (Å²) in [6.45, 7) is 2.69. The highest BCUT2D eigenvalue weighted by Crippen LogP contribution is 2.22. The highest BCUT2D eigenvalue weighted by molar-refractivity contribution is 7.18. The van der Waals surface area contributed by atoms with Crippen molar-refractivity contribution >= 4 is 39.4 Å². The molecule has 3 aromatic rings. The average molecular weight is 465 g/mol. The molecule has 2 nitrogen and oxygen atoms in total. The maximum atomic E-state index is 5.58. The van der Waals surface area contributed by atoms with E-state index in [0.29, 0.717) is 6.54 Å². The van der Waals surface area contributed by atoms with Gasteiger partial charge in [0.1, 0.15) is 4.70 Å². The first-order valence-electron chi connectivity index (χ1n) is 9.24. The van der Waals surface area contributed by atoms with Crippen LogP contribution in [-0.2, 0) is 6.54 Å². The van der Waals surface area contributed by atoms with E-state index >= 15 is 0 Å². The van der Waals surface area contributed by atoms with Crippen molar-refractivity contribution in [3.63, 3.8) is 0 Å². The van der Waals surface area contributed by atoms with Gasteiger partial charge in [0.25, 0.3) is 5.01 Å². The lowest BCUT2D eigenvalue weighted by Crippen LogP contribution is -3.00. The quantitative estimate of drug-likeness (QED) is 0.308. The van der Waals surface area contributed by atoms with Gasteiger partial charge in [0, 0.05) is 31.9 Å². The molecule has 0 aliphatic carbocycles. The van der Waals surface area contributed by atoms with Crippen molar-refractivity contribution in [3.8, 4) is 12.3 Å². The Morgan fingerprint density at radius 2 is 1.69 bits per heavy atom. The molecule has 1 heterocycles. The second kappa shape index (κ2) is 10.8. The molecule has 0 saturated heterocycles. The zero-order valence-electron chi connectivity index (χ0n) is 17.0. The van der Waals surface area contributed by atoms with Crippen LogP contribution in [0.2, 0.25) is 0 Å². The first kappa shape index (κ1) is 22.7. The molecular formula is C25H25BrN2S. The molecule has 0 aliphatic heterocycles. The van der Waals surface area contributed by atoms with E-state index in [-0.39, 0.29) is 17.0 Å². The summed E-state index contributed by atoms with van der Waals surface area (Å²) in [7, 11) is 4.09. The second-order valence-corrected chi connectivity index (χ2v) is 7.85. The smallest absolute Gasteiger partial charge is 0.263 e. The molecular weight excluding hydrogens is 440 g/mol. The van der Waals surface area contributed by atoms with Gasteiger partial charge in [-0.1, -0.05) is 59.9 Å². The maximum Gasteiger partial charge on any atom is 0.263 e. The minimum absolute atomic E-state index is 0. The molecule has 0 unspecified atom stereocenters. The number of aromatic nitrogens is 1. The number of thiazole rings is 1. The first-order valence-corrected chi connectivity index (χ1v) is 10.1. The Balaban J connectivity index is 0.00000300. The first-order chi connectivity index (χ1) is 13.6. The molecule has 0 fully saturated rings. The molecule has 4 heteroatoms. The van der Waals surface area contributed by atoms with E-state index in [4.69, 9.17) is 6.42 Å². The van der Waals surface area contributed by atoms with Gasteiger partial charge in [0.15, 0.2) is 0 Å². The SMILES string of the molecule is C#CC[n+]1c(/C=C/C=C/C=C/c2ccc(N(C)C)cc2)sc2ccc(C)cc21.[Br-]. The zero-order valence-corrected chi connectivity index (χ0v) is 19.4. The summed E-state index contributed by atoms with van der Waals surface area (Å²) in [5.41, 5.74) is 4.84. The van der Waals surface area contributed by atoms with Gasteiger partial charge in [-0.2, -0.15) is 4.57 Å². The van der Waals surface area contributed by atoms with Crippen molar-refractivity contribution in [1.82, 2.24) is 0 Å². The number of halogens is 1. The number of benzene rings is 2. The van der Waals surface area contributed by atoms with Crippen LogP contribution in [0.5, 0.6) is 0 Å². The molecule has 0 radical (unpaired) electrons. The predicted molar refractivity (Wildman–Crippen MR) is 124 cm³/mol. The number of allylic oxidation sites excluding steroid dienone is 4. The molecule has 1 aromatic heterocycles. The third-order valence-corrected chi connectivity index (χ3v) is 5.54. The number of nitrogens with zero attached hydrogens (tertiary/aromatic N) is 2. The lowest BCUT2D eigenvalue weighted by molar-refractivity contribution is -0.656. The number of hydrogen-bond acceptors (Lipinski definition) is 2. The Hall–Kier alpha value is -2.61. The van der Waals surface area contributed by atoms with Gasteiger partial charge in [0.05, 0.1) is 0 Å². The minimum Gasteiger partial charge on any atom is -1.00 e. The number of hydrogen-bond donors (Lipinski definition) is 0. The Labute approximate surface area is 188 Å². The number of aryl methyl sites for hydroxylation is 1. The van der Waals surface area contributed by atoms with E-state index in [9.17, 15) is 0 Å². The zero-order chi connectivity index (χ0) is 19.9. The molecule has 0 bridgehead atoms. The summed E-state index contributed by atoms with van der Waals surface area (Å²) in [6, 6.07) is 15.0. The third-order valence-electron chi connectivity index (χ3n) is 4.41. The normalized spacial score (nSPS) is 11.4. The summed E-state index contributed by atoms with van der Waals surface area (Å²) in [6.07, 6.45) is 18.0. The number of terminal acetylenes is 1. The number of rotatable bonds is 6. The number of fused-ring (bicyclic) bond motifs is 1. The van der Waals surface area contributed by atoms with Gasteiger partial charge in [-0.15, -0.1) is 6.42 Å². The van der Waals surface area contributed by atoms with Gasteiger partial charge in [0.2, 0.25) is 12.1 Å². The van der Waals surface area contributed by atoms with E-state index in [1.807, 2.05) is 26.2 Å². The molecule has 3 rings (SSSR count). The van der Waals surface area contributed by atoms with E-state index in [1.54, 1.807) is 11.3 Å². The van der Waals surface area contributed by atoms with Crippen molar-refractivity contribution in [1.29, 1.82) is 0 Å². The Kier molecular flexibility index (Phi) is 8.45. The fourth-order valence-corrected chi connectivity index (χ4v) is 3.96. The molecule has 0 atom stereocenters. The molecule has 148 valence electrons. The lowest BCUT2D eigenvalue weighted by atomic mass is 10.2. The molecule has 0 amide bonds. The van der Waals surface area contributed by atoms with E-state index in [2.05, 4.69) is 89.1 Å². The topological polar surface area (TPSA) is 7.12 Å². The van der Waals surface area contributed by atoms with Crippen LogP contribution in [0.15, 0.2) is 66.8 Å². The summed E-state index contributed by atoms with van der Waals surface area (Å²) in [5.74, 6) is 2.77. The predicted octanol–water partition coefficient (Wildman–Crippen LogP) is 2.48. The van der Waals surface area contributed by atoms with Crippen LogP contribution < -0.4 is 26.4 Å². The largest absolute Gasteiger partial charge is 1.00 e. The van der Waals surface area contributed by atoms with Crippen LogP contribution >= 0.6 is 11.3 Å².